The summed E-state index contributed by atoms with van der Waals surface area (Å²) >= 11 is 0. The molecule has 1 heterocycles. The van der Waals surface area contributed by atoms with Gasteiger partial charge in [-0.25, -0.2) is 0 Å². The number of hydrogen-bond acceptors (Lipinski definition) is 5. The van der Waals surface area contributed by atoms with E-state index in [-0.39, 0.29) is 16.9 Å². The molecule has 2 amide bonds. The third-order valence-electron chi connectivity index (χ3n) is 3.67. The second-order valence-corrected chi connectivity index (χ2v) is 5.66. The number of amides is 2. The van der Waals surface area contributed by atoms with Crippen LogP contribution in [0, 0.1) is 10.1 Å². The molecule has 1 aromatic heterocycles. The van der Waals surface area contributed by atoms with Crippen LogP contribution in [0.5, 0.6) is 0 Å². The molecule has 28 heavy (non-hydrogen) atoms. The molecule has 0 unspecified atom stereocenters. The third-order valence-corrected chi connectivity index (χ3v) is 3.67. The Labute approximate surface area is 159 Å². The number of hydrogen-bond donors (Lipinski definition) is 2. The molecule has 0 saturated heterocycles. The van der Waals surface area contributed by atoms with Gasteiger partial charge in [0, 0.05) is 29.5 Å². The molecule has 2 N–H and O–H groups in total. The highest BCUT2D eigenvalue weighted by Gasteiger charge is 2.17. The highest BCUT2D eigenvalue weighted by atomic mass is 16.6. The van der Waals surface area contributed by atoms with Gasteiger partial charge in [-0.3, -0.25) is 19.7 Å². The topological polar surface area (TPSA) is 114 Å². The van der Waals surface area contributed by atoms with Crippen molar-refractivity contribution in [1.29, 1.82) is 0 Å². The third kappa shape index (κ3) is 4.70. The minimum Gasteiger partial charge on any atom is -0.465 e. The van der Waals surface area contributed by atoms with Crippen LogP contribution >= 0.6 is 0 Å². The van der Waals surface area contributed by atoms with E-state index in [2.05, 4.69) is 10.6 Å². The Bertz CT molecular complexity index is 1030. The number of benzene rings is 2. The molecule has 0 bridgehead atoms. The highest BCUT2D eigenvalue weighted by Crippen LogP contribution is 2.15. The smallest absolute Gasteiger partial charge is 0.272 e. The van der Waals surface area contributed by atoms with Crippen LogP contribution in [0.2, 0.25) is 0 Å². The number of rotatable bonds is 6. The summed E-state index contributed by atoms with van der Waals surface area (Å²) in [6, 6.07) is 17.2. The van der Waals surface area contributed by atoms with Crippen LogP contribution in [0.1, 0.15) is 16.1 Å². The van der Waals surface area contributed by atoms with E-state index in [0.717, 1.165) is 6.07 Å². The van der Waals surface area contributed by atoms with Gasteiger partial charge in [-0.05, 0) is 30.3 Å². The summed E-state index contributed by atoms with van der Waals surface area (Å²) < 4.78 is 5.21. The lowest BCUT2D eigenvalue weighted by Crippen LogP contribution is -2.30. The van der Waals surface area contributed by atoms with E-state index in [0.29, 0.717) is 11.4 Å². The molecular weight excluding hydrogens is 362 g/mol. The zero-order valence-electron chi connectivity index (χ0n) is 14.5. The maximum Gasteiger partial charge on any atom is 0.272 e. The number of nitrogens with one attached hydrogen (secondary N) is 2. The summed E-state index contributed by atoms with van der Waals surface area (Å²) in [6.07, 6.45) is 2.80. The van der Waals surface area contributed by atoms with Crippen molar-refractivity contribution in [2.24, 2.45) is 0 Å². The van der Waals surface area contributed by atoms with E-state index >= 15 is 0 Å². The van der Waals surface area contributed by atoms with Gasteiger partial charge in [0.1, 0.15) is 11.5 Å². The highest BCUT2D eigenvalue weighted by molar-refractivity contribution is 6.10. The predicted molar refractivity (Wildman–Crippen MR) is 102 cm³/mol. The van der Waals surface area contributed by atoms with E-state index < -0.39 is 16.7 Å². The van der Waals surface area contributed by atoms with Crippen molar-refractivity contribution in [2.75, 3.05) is 5.32 Å². The molecular formula is C20H15N3O5. The van der Waals surface area contributed by atoms with E-state index in [9.17, 15) is 19.7 Å². The van der Waals surface area contributed by atoms with Crippen LogP contribution in [-0.4, -0.2) is 16.7 Å². The number of anilines is 1. The summed E-state index contributed by atoms with van der Waals surface area (Å²) in [5, 5.41) is 16.1. The standard InChI is InChI=1S/C20H15N3O5/c24-19(14-6-4-9-16(12-14)23(26)27)22-18(13-17-10-5-11-28-17)20(25)21-15-7-2-1-3-8-15/h1-13H,(H,21,25)(H,22,24). The zero-order valence-corrected chi connectivity index (χ0v) is 14.5. The molecule has 0 spiro atoms. The summed E-state index contributed by atoms with van der Waals surface area (Å²) in [7, 11) is 0. The van der Waals surface area contributed by atoms with Crippen LogP contribution < -0.4 is 10.6 Å². The first-order valence-electron chi connectivity index (χ1n) is 8.20. The normalized spacial score (nSPS) is 10.9. The largest absolute Gasteiger partial charge is 0.465 e. The number of furan rings is 1. The Morgan fingerprint density at radius 3 is 2.46 bits per heavy atom. The van der Waals surface area contributed by atoms with Crippen LogP contribution in [0.3, 0.4) is 0 Å². The van der Waals surface area contributed by atoms with Gasteiger partial charge in [0.15, 0.2) is 0 Å². The zero-order chi connectivity index (χ0) is 19.9. The monoisotopic (exact) mass is 377 g/mol. The van der Waals surface area contributed by atoms with Gasteiger partial charge < -0.3 is 15.1 Å². The van der Waals surface area contributed by atoms with Crippen molar-refractivity contribution in [3.8, 4) is 0 Å². The van der Waals surface area contributed by atoms with E-state index in [1.54, 1.807) is 42.5 Å². The molecule has 8 heteroatoms. The number of para-hydroxylation sites is 1. The van der Waals surface area contributed by atoms with E-state index in [1.807, 2.05) is 0 Å². The van der Waals surface area contributed by atoms with Gasteiger partial charge >= 0.3 is 0 Å². The lowest BCUT2D eigenvalue weighted by molar-refractivity contribution is -0.384. The number of carbonyl (C=O) groups is 2. The first-order valence-corrected chi connectivity index (χ1v) is 8.20. The molecule has 8 nitrogen and oxygen atoms in total. The summed E-state index contributed by atoms with van der Waals surface area (Å²) in [5.74, 6) is -0.872. The van der Waals surface area contributed by atoms with Gasteiger partial charge in [0.2, 0.25) is 0 Å². The Balaban J connectivity index is 1.85. The molecule has 3 rings (SSSR count). The first kappa shape index (κ1) is 18.6. The second-order valence-electron chi connectivity index (χ2n) is 5.66. The molecule has 0 saturated carbocycles. The van der Waals surface area contributed by atoms with E-state index in [1.165, 1.54) is 30.5 Å². The van der Waals surface area contributed by atoms with Crippen molar-refractivity contribution in [2.45, 2.75) is 0 Å². The van der Waals surface area contributed by atoms with Gasteiger partial charge in [0.05, 0.1) is 11.2 Å². The Morgan fingerprint density at radius 1 is 1.00 bits per heavy atom. The van der Waals surface area contributed by atoms with Crippen LogP contribution in [0.25, 0.3) is 6.08 Å². The minimum atomic E-state index is -0.662. The number of nitrogens with zero attached hydrogens (tertiary/aromatic N) is 1. The molecule has 3 aromatic rings. The lowest BCUT2D eigenvalue weighted by atomic mass is 10.2. The molecule has 0 fully saturated rings. The number of non-ortho nitro benzene ring substituents is 1. The lowest BCUT2D eigenvalue weighted by Gasteiger charge is -2.11. The predicted octanol–water partition coefficient (Wildman–Crippen LogP) is 3.60. The van der Waals surface area contributed by atoms with Crippen LogP contribution in [-0.2, 0) is 4.79 Å². The maximum atomic E-state index is 12.6. The molecule has 0 aliphatic carbocycles. The second kappa shape index (κ2) is 8.45. The fourth-order valence-electron chi connectivity index (χ4n) is 2.35. The van der Waals surface area contributed by atoms with Gasteiger partial charge in [-0.15, -0.1) is 0 Å². The molecule has 0 atom stereocenters. The van der Waals surface area contributed by atoms with Crippen molar-refractivity contribution < 1.29 is 18.9 Å². The quantitative estimate of drug-likeness (QED) is 0.387. The first-order chi connectivity index (χ1) is 13.5. The molecule has 0 aliphatic heterocycles. The summed E-state index contributed by atoms with van der Waals surface area (Å²) in [6.45, 7) is 0. The average Bonchev–Trinajstić information content (AvgIpc) is 3.21. The molecule has 0 radical (unpaired) electrons. The van der Waals surface area contributed by atoms with Gasteiger partial charge in [-0.2, -0.15) is 0 Å². The van der Waals surface area contributed by atoms with Crippen LogP contribution in [0.4, 0.5) is 11.4 Å². The van der Waals surface area contributed by atoms with Gasteiger partial charge in [0.25, 0.3) is 17.5 Å². The van der Waals surface area contributed by atoms with Crippen molar-refractivity contribution >= 4 is 29.3 Å². The van der Waals surface area contributed by atoms with Crippen molar-refractivity contribution in [3.05, 3.63) is 100 Å². The Kier molecular flexibility index (Phi) is 5.61. The molecule has 2 aromatic carbocycles. The van der Waals surface area contributed by atoms with E-state index in [4.69, 9.17) is 4.42 Å². The minimum absolute atomic E-state index is 0.0482. The van der Waals surface area contributed by atoms with Crippen LogP contribution in [0.15, 0.2) is 83.1 Å². The Morgan fingerprint density at radius 2 is 1.79 bits per heavy atom. The van der Waals surface area contributed by atoms with Gasteiger partial charge in [-0.1, -0.05) is 24.3 Å². The summed E-state index contributed by atoms with van der Waals surface area (Å²) in [5.41, 5.74) is 0.294. The number of carbonyl (C=O) groups excluding carboxylic acids is 2. The SMILES string of the molecule is O=C(Nc1ccccc1)C(=Cc1ccco1)NC(=O)c1cccc([N+](=O)[O-])c1. The van der Waals surface area contributed by atoms with Crippen molar-refractivity contribution in [1.82, 2.24) is 5.32 Å². The number of nitro benzene ring substituents is 1. The Hall–Kier alpha value is -4.20. The maximum absolute atomic E-state index is 12.6. The fraction of sp³-hybridized carbons (Fsp3) is 0. The summed E-state index contributed by atoms with van der Waals surface area (Å²) in [4.78, 5) is 35.5. The van der Waals surface area contributed by atoms with Crippen molar-refractivity contribution in [3.63, 3.8) is 0 Å². The molecule has 0 aliphatic rings. The fourth-order valence-corrected chi connectivity index (χ4v) is 2.35. The number of nitro groups is 1. The average molecular weight is 377 g/mol. The molecule has 140 valence electrons.